The molecule has 0 aromatic heterocycles. The van der Waals surface area contributed by atoms with E-state index in [-0.39, 0.29) is 16.3 Å². The molecule has 0 radical (unpaired) electrons. The van der Waals surface area contributed by atoms with Gasteiger partial charge in [-0.2, -0.15) is 0 Å². The Hall–Kier alpha value is -2.02. The SMILES string of the molecule is O=C(CSc1cc(F)ccc1F)Nc1ccc(F)c(F)c1. The summed E-state index contributed by atoms with van der Waals surface area (Å²) in [4.78, 5) is 11.6. The van der Waals surface area contributed by atoms with Crippen molar-refractivity contribution in [2.45, 2.75) is 4.90 Å². The molecule has 7 heteroatoms. The molecule has 21 heavy (non-hydrogen) atoms. The summed E-state index contributed by atoms with van der Waals surface area (Å²) in [5.41, 5.74) is 0.0826. The van der Waals surface area contributed by atoms with Gasteiger partial charge in [-0.05, 0) is 30.3 Å². The second-order valence-electron chi connectivity index (χ2n) is 4.04. The van der Waals surface area contributed by atoms with Gasteiger partial charge in [-0.25, -0.2) is 17.6 Å². The Morgan fingerprint density at radius 1 is 0.952 bits per heavy atom. The molecule has 110 valence electrons. The number of hydrogen-bond acceptors (Lipinski definition) is 2. The molecule has 0 atom stereocenters. The van der Waals surface area contributed by atoms with E-state index in [1.54, 1.807) is 0 Å². The van der Waals surface area contributed by atoms with Crippen LogP contribution in [0.5, 0.6) is 0 Å². The molecule has 1 N–H and O–H groups in total. The van der Waals surface area contributed by atoms with Crippen molar-refractivity contribution >= 4 is 23.4 Å². The first-order chi connectivity index (χ1) is 9.95. The third-order valence-corrected chi connectivity index (χ3v) is 3.49. The van der Waals surface area contributed by atoms with Gasteiger partial charge in [0.05, 0.1) is 5.75 Å². The summed E-state index contributed by atoms with van der Waals surface area (Å²) in [6, 6.07) is 5.82. The van der Waals surface area contributed by atoms with Gasteiger partial charge in [-0.1, -0.05) is 0 Å². The van der Waals surface area contributed by atoms with Crippen molar-refractivity contribution in [3.05, 3.63) is 59.7 Å². The molecule has 0 saturated heterocycles. The van der Waals surface area contributed by atoms with E-state index in [1.165, 1.54) is 6.07 Å². The predicted molar refractivity (Wildman–Crippen MR) is 72.1 cm³/mol. The van der Waals surface area contributed by atoms with Crippen LogP contribution >= 0.6 is 11.8 Å². The summed E-state index contributed by atoms with van der Waals surface area (Å²) in [5, 5.41) is 2.33. The highest BCUT2D eigenvalue weighted by Gasteiger charge is 2.09. The van der Waals surface area contributed by atoms with Crippen LogP contribution in [0.2, 0.25) is 0 Å². The largest absolute Gasteiger partial charge is 0.325 e. The van der Waals surface area contributed by atoms with Crippen LogP contribution in [0.3, 0.4) is 0 Å². The molecule has 0 aliphatic carbocycles. The molecule has 0 unspecified atom stereocenters. The van der Waals surface area contributed by atoms with Crippen molar-refractivity contribution in [1.29, 1.82) is 0 Å². The summed E-state index contributed by atoms with van der Waals surface area (Å²) in [6.45, 7) is 0. The summed E-state index contributed by atoms with van der Waals surface area (Å²) in [7, 11) is 0. The molecular formula is C14H9F4NOS. The first kappa shape index (κ1) is 15.4. The highest BCUT2D eigenvalue weighted by molar-refractivity contribution is 8.00. The molecule has 0 aliphatic rings. The number of hydrogen-bond donors (Lipinski definition) is 1. The van der Waals surface area contributed by atoms with E-state index in [0.717, 1.165) is 42.1 Å². The minimum atomic E-state index is -1.09. The number of amides is 1. The Balaban J connectivity index is 1.95. The second kappa shape index (κ2) is 6.62. The van der Waals surface area contributed by atoms with Crippen molar-refractivity contribution < 1.29 is 22.4 Å². The number of rotatable bonds is 4. The minimum Gasteiger partial charge on any atom is -0.325 e. The van der Waals surface area contributed by atoms with E-state index >= 15 is 0 Å². The van der Waals surface area contributed by atoms with Crippen molar-refractivity contribution in [3.63, 3.8) is 0 Å². The molecule has 2 aromatic carbocycles. The van der Waals surface area contributed by atoms with Gasteiger partial charge >= 0.3 is 0 Å². The summed E-state index contributed by atoms with van der Waals surface area (Å²) < 4.78 is 52.0. The van der Waals surface area contributed by atoms with Crippen molar-refractivity contribution in [2.75, 3.05) is 11.1 Å². The number of thioether (sulfide) groups is 1. The van der Waals surface area contributed by atoms with Crippen molar-refractivity contribution in [1.82, 2.24) is 0 Å². The van der Waals surface area contributed by atoms with Gasteiger partial charge in [0, 0.05) is 16.6 Å². The highest BCUT2D eigenvalue weighted by Crippen LogP contribution is 2.23. The van der Waals surface area contributed by atoms with Gasteiger partial charge in [0.2, 0.25) is 5.91 Å². The fraction of sp³-hybridized carbons (Fsp3) is 0.0714. The molecule has 2 nitrogen and oxygen atoms in total. The van der Waals surface area contributed by atoms with Crippen LogP contribution in [0.25, 0.3) is 0 Å². The lowest BCUT2D eigenvalue weighted by molar-refractivity contribution is -0.113. The lowest BCUT2D eigenvalue weighted by Gasteiger charge is -2.06. The number of nitrogens with one attached hydrogen (secondary N) is 1. The molecular weight excluding hydrogens is 306 g/mol. The van der Waals surface area contributed by atoms with Crippen LogP contribution in [0, 0.1) is 23.3 Å². The van der Waals surface area contributed by atoms with Gasteiger partial charge in [0.1, 0.15) is 11.6 Å². The Morgan fingerprint density at radius 2 is 1.67 bits per heavy atom. The maximum Gasteiger partial charge on any atom is 0.234 e. The zero-order valence-electron chi connectivity index (χ0n) is 10.5. The number of anilines is 1. The first-order valence-electron chi connectivity index (χ1n) is 5.78. The maximum atomic E-state index is 13.3. The smallest absolute Gasteiger partial charge is 0.234 e. The topological polar surface area (TPSA) is 29.1 Å². The zero-order valence-corrected chi connectivity index (χ0v) is 11.3. The summed E-state index contributed by atoms with van der Waals surface area (Å²) in [6.07, 6.45) is 0. The molecule has 0 saturated carbocycles. The predicted octanol–water partition coefficient (Wildman–Crippen LogP) is 3.97. The van der Waals surface area contributed by atoms with Gasteiger partial charge in [0.25, 0.3) is 0 Å². The lowest BCUT2D eigenvalue weighted by Crippen LogP contribution is -2.14. The second-order valence-corrected chi connectivity index (χ2v) is 5.06. The van der Waals surface area contributed by atoms with Crippen LogP contribution < -0.4 is 5.32 Å². The Labute approximate surface area is 122 Å². The molecule has 0 aliphatic heterocycles. The monoisotopic (exact) mass is 315 g/mol. The van der Waals surface area contributed by atoms with Crippen LogP contribution in [0.15, 0.2) is 41.3 Å². The maximum absolute atomic E-state index is 13.3. The fourth-order valence-electron chi connectivity index (χ4n) is 1.50. The molecule has 0 bridgehead atoms. The van der Waals surface area contributed by atoms with E-state index < -0.39 is 29.2 Å². The highest BCUT2D eigenvalue weighted by atomic mass is 32.2. The van der Waals surface area contributed by atoms with Gasteiger partial charge in [-0.15, -0.1) is 11.8 Å². The molecule has 2 rings (SSSR count). The van der Waals surface area contributed by atoms with Crippen molar-refractivity contribution in [3.8, 4) is 0 Å². The number of carbonyl (C=O) groups is 1. The number of carbonyl (C=O) groups excluding carboxylic acids is 1. The van der Waals surface area contributed by atoms with Crippen LogP contribution in [0.4, 0.5) is 23.2 Å². The van der Waals surface area contributed by atoms with Gasteiger partial charge < -0.3 is 5.32 Å². The number of benzene rings is 2. The summed E-state index contributed by atoms with van der Waals surface area (Å²) in [5.74, 6) is -4.10. The van der Waals surface area contributed by atoms with Crippen molar-refractivity contribution in [2.24, 2.45) is 0 Å². The van der Waals surface area contributed by atoms with Crippen LogP contribution in [0.1, 0.15) is 0 Å². The Morgan fingerprint density at radius 3 is 2.38 bits per heavy atom. The Bertz CT molecular complexity index is 678. The molecule has 0 heterocycles. The standard InChI is InChI=1S/C14H9F4NOS/c15-8-1-3-11(17)13(5-8)21-7-14(20)19-9-2-4-10(16)12(18)6-9/h1-6H,7H2,(H,19,20). The van der Waals surface area contributed by atoms with E-state index in [0.29, 0.717) is 0 Å². The fourth-order valence-corrected chi connectivity index (χ4v) is 2.26. The van der Waals surface area contributed by atoms with Crippen LogP contribution in [-0.4, -0.2) is 11.7 Å². The van der Waals surface area contributed by atoms with E-state index in [4.69, 9.17) is 0 Å². The third-order valence-electron chi connectivity index (χ3n) is 2.46. The van der Waals surface area contributed by atoms with E-state index in [1.807, 2.05) is 0 Å². The minimum absolute atomic E-state index is 0.00423. The van der Waals surface area contributed by atoms with Crippen LogP contribution in [-0.2, 0) is 4.79 Å². The third kappa shape index (κ3) is 4.22. The molecule has 1 amide bonds. The molecule has 0 fully saturated rings. The first-order valence-corrected chi connectivity index (χ1v) is 6.77. The number of halogens is 4. The average Bonchev–Trinajstić information content (AvgIpc) is 2.44. The van der Waals surface area contributed by atoms with E-state index in [2.05, 4.69) is 5.32 Å². The zero-order chi connectivity index (χ0) is 15.4. The molecule has 0 spiro atoms. The van der Waals surface area contributed by atoms with Gasteiger partial charge in [-0.3, -0.25) is 4.79 Å². The lowest BCUT2D eigenvalue weighted by atomic mass is 10.3. The normalized spacial score (nSPS) is 10.5. The van der Waals surface area contributed by atoms with Gasteiger partial charge in [0.15, 0.2) is 11.6 Å². The quantitative estimate of drug-likeness (QED) is 0.683. The summed E-state index contributed by atoms with van der Waals surface area (Å²) >= 11 is 0.801. The molecule has 2 aromatic rings. The van der Waals surface area contributed by atoms with E-state index in [9.17, 15) is 22.4 Å². The Kier molecular flexibility index (Phi) is 4.85. The average molecular weight is 315 g/mol.